The van der Waals surface area contributed by atoms with Crippen LogP contribution in [-0.2, 0) is 11.2 Å². The minimum Gasteiger partial charge on any atom is -0.303 e. The number of carbonyl (C=O) groups excluding carboxylic acids is 1. The number of nitrogens with zero attached hydrogens (tertiary/aromatic N) is 3. The first kappa shape index (κ1) is 18.7. The van der Waals surface area contributed by atoms with E-state index in [1.807, 2.05) is 0 Å². The van der Waals surface area contributed by atoms with Crippen molar-refractivity contribution in [1.29, 1.82) is 0 Å². The number of halogens is 1. The maximum absolute atomic E-state index is 13.0. The Labute approximate surface area is 158 Å². The van der Waals surface area contributed by atoms with Crippen LogP contribution < -0.4 is 5.32 Å². The number of thioether (sulfide) groups is 1. The maximum atomic E-state index is 13.0. The molecule has 2 aromatic rings. The van der Waals surface area contributed by atoms with Crippen molar-refractivity contribution in [2.75, 3.05) is 0 Å². The average Bonchev–Trinajstić information content (AvgIpc) is 3.00. The number of amidine groups is 1. The van der Waals surface area contributed by atoms with Crippen LogP contribution in [0.3, 0.4) is 0 Å². The highest BCUT2D eigenvalue weighted by Gasteiger charge is 2.32. The first-order valence-corrected chi connectivity index (χ1v) is 8.90. The van der Waals surface area contributed by atoms with Gasteiger partial charge in [-0.25, -0.2) is 4.39 Å². The Bertz CT molecular complexity index is 944. The molecule has 0 saturated carbocycles. The fraction of sp³-hybridized carbons (Fsp3) is 0.167. The van der Waals surface area contributed by atoms with Gasteiger partial charge in [0, 0.05) is 18.1 Å². The van der Waals surface area contributed by atoms with Crippen molar-refractivity contribution in [3.05, 3.63) is 75.6 Å². The molecule has 0 spiro atoms. The van der Waals surface area contributed by atoms with Crippen LogP contribution >= 0.6 is 11.8 Å². The lowest BCUT2D eigenvalue weighted by atomic mass is 10.1. The molecule has 1 aliphatic rings. The third kappa shape index (κ3) is 4.56. The molecule has 0 unspecified atom stereocenters. The van der Waals surface area contributed by atoms with Gasteiger partial charge in [-0.1, -0.05) is 42.1 Å². The normalized spacial score (nSPS) is 18.6. The monoisotopic (exact) mass is 386 g/mol. The Morgan fingerprint density at radius 2 is 1.96 bits per heavy atom. The highest BCUT2D eigenvalue weighted by Crippen LogP contribution is 2.27. The molecule has 1 fully saturated rings. The summed E-state index contributed by atoms with van der Waals surface area (Å²) in [5.74, 6) is -0.610. The maximum Gasteiger partial charge on any atom is 0.272 e. The Hall–Kier alpha value is -3.07. The molecule has 3 rings (SSSR count). The van der Waals surface area contributed by atoms with Gasteiger partial charge in [-0.3, -0.25) is 14.9 Å². The molecule has 1 atom stereocenters. The Kier molecular flexibility index (Phi) is 5.60. The summed E-state index contributed by atoms with van der Waals surface area (Å²) in [7, 11) is 0. The molecule has 7 nitrogen and oxygen atoms in total. The predicted octanol–water partition coefficient (Wildman–Crippen LogP) is 3.29. The van der Waals surface area contributed by atoms with E-state index < -0.39 is 10.2 Å². The van der Waals surface area contributed by atoms with E-state index in [9.17, 15) is 19.3 Å². The molecule has 0 bridgehead atoms. The molecule has 0 radical (unpaired) electrons. The SMILES string of the molecule is CC(=N/N=C1\NC(=O)[C@@H](Cc2ccccc2[N+](=O)[O-])S1)c1ccc(F)cc1. The van der Waals surface area contributed by atoms with E-state index >= 15 is 0 Å². The molecule has 1 N–H and O–H groups in total. The van der Waals surface area contributed by atoms with Crippen molar-refractivity contribution in [3.63, 3.8) is 0 Å². The number of para-hydroxylation sites is 1. The molecule has 27 heavy (non-hydrogen) atoms. The van der Waals surface area contributed by atoms with Gasteiger partial charge in [0.1, 0.15) is 5.82 Å². The number of carbonyl (C=O) groups is 1. The number of benzene rings is 2. The lowest BCUT2D eigenvalue weighted by molar-refractivity contribution is -0.385. The van der Waals surface area contributed by atoms with Crippen LogP contribution in [-0.4, -0.2) is 27.0 Å². The zero-order valence-corrected chi connectivity index (χ0v) is 15.1. The highest BCUT2D eigenvalue weighted by molar-refractivity contribution is 8.15. The van der Waals surface area contributed by atoms with Crippen LogP contribution in [0.25, 0.3) is 0 Å². The van der Waals surface area contributed by atoms with Crippen LogP contribution in [0, 0.1) is 15.9 Å². The lowest BCUT2D eigenvalue weighted by Crippen LogP contribution is -2.26. The first-order valence-electron chi connectivity index (χ1n) is 8.02. The van der Waals surface area contributed by atoms with Crippen LogP contribution in [0.2, 0.25) is 0 Å². The van der Waals surface area contributed by atoms with Gasteiger partial charge in [0.05, 0.1) is 15.9 Å². The molecule has 0 aliphatic carbocycles. The summed E-state index contributed by atoms with van der Waals surface area (Å²) >= 11 is 1.17. The zero-order chi connectivity index (χ0) is 19.4. The van der Waals surface area contributed by atoms with Crippen molar-refractivity contribution >= 4 is 34.2 Å². The van der Waals surface area contributed by atoms with Gasteiger partial charge in [0.2, 0.25) is 5.91 Å². The van der Waals surface area contributed by atoms with Crippen molar-refractivity contribution in [1.82, 2.24) is 5.32 Å². The van der Waals surface area contributed by atoms with Crippen molar-refractivity contribution in [2.45, 2.75) is 18.6 Å². The summed E-state index contributed by atoms with van der Waals surface area (Å²) < 4.78 is 13.0. The largest absolute Gasteiger partial charge is 0.303 e. The first-order chi connectivity index (χ1) is 12.9. The van der Waals surface area contributed by atoms with Crippen molar-refractivity contribution < 1.29 is 14.1 Å². The zero-order valence-electron chi connectivity index (χ0n) is 14.3. The third-order valence-electron chi connectivity index (χ3n) is 3.92. The van der Waals surface area contributed by atoms with Gasteiger partial charge < -0.3 is 5.32 Å². The molecule has 1 saturated heterocycles. The predicted molar refractivity (Wildman–Crippen MR) is 102 cm³/mol. The van der Waals surface area contributed by atoms with Crippen LogP contribution in [0.1, 0.15) is 18.1 Å². The lowest BCUT2D eigenvalue weighted by Gasteiger charge is -2.05. The van der Waals surface area contributed by atoms with E-state index in [2.05, 4.69) is 15.5 Å². The molecular formula is C18H15FN4O3S. The molecule has 138 valence electrons. The van der Waals surface area contributed by atoms with Crippen LogP contribution in [0.4, 0.5) is 10.1 Å². The Morgan fingerprint density at radius 1 is 1.26 bits per heavy atom. The van der Waals surface area contributed by atoms with Gasteiger partial charge >= 0.3 is 0 Å². The number of hydrogen-bond donors (Lipinski definition) is 1. The van der Waals surface area contributed by atoms with E-state index in [4.69, 9.17) is 0 Å². The summed E-state index contributed by atoms with van der Waals surface area (Å²) in [6.07, 6.45) is 0.216. The van der Waals surface area contributed by atoms with Crippen molar-refractivity contribution in [3.8, 4) is 0 Å². The van der Waals surface area contributed by atoms with Crippen LogP contribution in [0.5, 0.6) is 0 Å². The molecule has 1 amide bonds. The second kappa shape index (κ2) is 8.09. The average molecular weight is 386 g/mol. The topological polar surface area (TPSA) is 97.0 Å². The van der Waals surface area contributed by atoms with Gasteiger partial charge in [-0.15, -0.1) is 5.10 Å². The van der Waals surface area contributed by atoms with E-state index in [-0.39, 0.29) is 23.8 Å². The molecule has 0 aromatic heterocycles. The number of rotatable bonds is 5. The van der Waals surface area contributed by atoms with Gasteiger partial charge in [0.25, 0.3) is 5.69 Å². The number of nitro groups is 1. The second-order valence-corrected chi connectivity index (χ2v) is 6.97. The Balaban J connectivity index is 1.72. The van der Waals surface area contributed by atoms with E-state index in [1.165, 1.54) is 30.0 Å². The molecule has 1 aliphatic heterocycles. The summed E-state index contributed by atoms with van der Waals surface area (Å²) in [6.45, 7) is 1.73. The summed E-state index contributed by atoms with van der Waals surface area (Å²) in [6, 6.07) is 12.2. The minimum absolute atomic E-state index is 0.0125. The van der Waals surface area contributed by atoms with Crippen LogP contribution in [0.15, 0.2) is 58.7 Å². The van der Waals surface area contributed by atoms with E-state index in [0.29, 0.717) is 22.0 Å². The number of nitrogens with one attached hydrogen (secondary N) is 1. The van der Waals surface area contributed by atoms with Gasteiger partial charge in [-0.2, -0.15) is 5.10 Å². The van der Waals surface area contributed by atoms with E-state index in [0.717, 1.165) is 0 Å². The second-order valence-electron chi connectivity index (χ2n) is 5.78. The number of nitro benzene ring substituents is 1. The highest BCUT2D eigenvalue weighted by atomic mass is 32.2. The number of amides is 1. The fourth-order valence-corrected chi connectivity index (χ4v) is 3.46. The van der Waals surface area contributed by atoms with Crippen molar-refractivity contribution in [2.24, 2.45) is 10.2 Å². The minimum atomic E-state index is -0.522. The summed E-state index contributed by atoms with van der Waals surface area (Å²) in [5.41, 5.74) is 1.76. The third-order valence-corrected chi connectivity index (χ3v) is 5.00. The van der Waals surface area contributed by atoms with Gasteiger partial charge in [-0.05, 0) is 24.6 Å². The summed E-state index contributed by atoms with van der Waals surface area (Å²) in [5, 5.41) is 21.6. The molecule has 2 aromatic carbocycles. The quantitative estimate of drug-likeness (QED) is 0.484. The standard InChI is InChI=1S/C18H15FN4O3S/c1-11(12-6-8-14(19)9-7-12)21-22-18-20-17(24)16(27-18)10-13-4-2-3-5-15(13)23(25)26/h2-9,16H,10H2,1H3,(H,20,22,24)/t16-/m1/s1. The van der Waals surface area contributed by atoms with E-state index in [1.54, 1.807) is 37.3 Å². The summed E-state index contributed by atoms with van der Waals surface area (Å²) in [4.78, 5) is 22.8. The smallest absolute Gasteiger partial charge is 0.272 e. The number of hydrogen-bond acceptors (Lipinski definition) is 6. The molecular weight excluding hydrogens is 371 g/mol. The van der Waals surface area contributed by atoms with Gasteiger partial charge in [0.15, 0.2) is 5.17 Å². The molecule has 9 heteroatoms. The fourth-order valence-electron chi connectivity index (χ4n) is 2.52. The molecule has 1 heterocycles. The Morgan fingerprint density at radius 3 is 2.67 bits per heavy atom.